The van der Waals surface area contributed by atoms with Gasteiger partial charge in [-0.15, -0.1) is 0 Å². The lowest BCUT2D eigenvalue weighted by molar-refractivity contribution is -0.152. The molecule has 1 aliphatic heterocycles. The van der Waals surface area contributed by atoms with Crippen LogP contribution in [0.25, 0.3) is 0 Å². The van der Waals surface area contributed by atoms with Gasteiger partial charge in [0.05, 0.1) is 19.1 Å². The number of rotatable bonds is 4. The molecule has 0 saturated carbocycles. The second-order valence-corrected chi connectivity index (χ2v) is 4.91. The molecule has 1 fully saturated rings. The maximum absolute atomic E-state index is 12.1. The number of nitrogens with zero attached hydrogens (tertiary/aromatic N) is 1. The Balaban J connectivity index is 2.65. The van der Waals surface area contributed by atoms with Gasteiger partial charge in [-0.3, -0.25) is 4.79 Å². The third kappa shape index (κ3) is 3.43. The average molecular weight is 243 g/mol. The van der Waals surface area contributed by atoms with E-state index in [2.05, 4.69) is 0 Å². The molecule has 98 valence electrons. The monoisotopic (exact) mass is 243 g/mol. The molecule has 1 atom stereocenters. The van der Waals surface area contributed by atoms with Gasteiger partial charge in [-0.25, -0.2) is 4.79 Å². The summed E-state index contributed by atoms with van der Waals surface area (Å²) >= 11 is 0. The van der Waals surface area contributed by atoms with E-state index in [9.17, 15) is 9.59 Å². The molecule has 1 amide bonds. The third-order valence-corrected chi connectivity index (χ3v) is 3.18. The van der Waals surface area contributed by atoms with Crippen LogP contribution in [0.4, 0.5) is 0 Å². The molecule has 5 heteroatoms. The van der Waals surface area contributed by atoms with Crippen LogP contribution in [0.5, 0.6) is 0 Å². The summed E-state index contributed by atoms with van der Waals surface area (Å²) in [5.74, 6) is -0.379. The Kier molecular flexibility index (Phi) is 4.51. The first-order valence-corrected chi connectivity index (χ1v) is 5.84. The van der Waals surface area contributed by atoms with E-state index in [1.54, 1.807) is 12.0 Å². The molecule has 0 radical (unpaired) electrons. The van der Waals surface area contributed by atoms with Crippen LogP contribution in [0.15, 0.2) is 0 Å². The fourth-order valence-corrected chi connectivity index (χ4v) is 1.98. The Morgan fingerprint density at radius 2 is 2.00 bits per heavy atom. The number of likely N-dealkylation sites (tertiary alicyclic amines) is 1. The number of carbonyl (C=O) groups is 2. The fourth-order valence-electron chi connectivity index (χ4n) is 1.98. The molecular weight excluding hydrogens is 222 g/mol. The summed E-state index contributed by atoms with van der Waals surface area (Å²) in [5, 5.41) is 0. The minimum Gasteiger partial charge on any atom is -0.467 e. The molecule has 1 saturated heterocycles. The molecule has 5 nitrogen and oxygen atoms in total. The van der Waals surface area contributed by atoms with Gasteiger partial charge in [0, 0.05) is 13.7 Å². The number of methoxy groups -OCH3 is 2. The van der Waals surface area contributed by atoms with Gasteiger partial charge < -0.3 is 14.4 Å². The van der Waals surface area contributed by atoms with Crippen LogP contribution in [0.3, 0.4) is 0 Å². The van der Waals surface area contributed by atoms with Crippen molar-refractivity contribution >= 4 is 11.9 Å². The minimum atomic E-state index is -0.500. The normalized spacial score (nSPS) is 20.5. The average Bonchev–Trinajstić information content (AvgIpc) is 2.76. The predicted octanol–water partition coefficient (Wildman–Crippen LogP) is 0.965. The van der Waals surface area contributed by atoms with Crippen LogP contribution in [-0.4, -0.2) is 49.2 Å². The molecule has 0 N–H and O–H groups in total. The molecule has 17 heavy (non-hydrogen) atoms. The lowest BCUT2D eigenvalue weighted by Crippen LogP contribution is -2.43. The summed E-state index contributed by atoms with van der Waals surface area (Å²) in [6.07, 6.45) is 1.81. The van der Waals surface area contributed by atoms with Crippen molar-refractivity contribution in [2.24, 2.45) is 0 Å². The Hall–Kier alpha value is -1.10. The first kappa shape index (κ1) is 14.0. The molecule has 1 rings (SSSR count). The highest BCUT2D eigenvalue weighted by atomic mass is 16.5. The van der Waals surface area contributed by atoms with Crippen LogP contribution < -0.4 is 0 Å². The fraction of sp³-hybridized carbons (Fsp3) is 0.833. The van der Waals surface area contributed by atoms with E-state index in [0.717, 1.165) is 6.42 Å². The van der Waals surface area contributed by atoms with Crippen molar-refractivity contribution in [1.82, 2.24) is 4.90 Å². The smallest absolute Gasteiger partial charge is 0.328 e. The van der Waals surface area contributed by atoms with E-state index in [1.807, 2.05) is 13.8 Å². The van der Waals surface area contributed by atoms with Crippen molar-refractivity contribution in [2.75, 3.05) is 20.8 Å². The summed E-state index contributed by atoms with van der Waals surface area (Å²) in [6, 6.07) is -0.417. The minimum absolute atomic E-state index is 0.0512. The van der Waals surface area contributed by atoms with E-state index in [-0.39, 0.29) is 18.3 Å². The summed E-state index contributed by atoms with van der Waals surface area (Å²) < 4.78 is 9.93. The second-order valence-electron chi connectivity index (χ2n) is 4.91. The first-order chi connectivity index (χ1) is 7.91. The quantitative estimate of drug-likeness (QED) is 0.690. The van der Waals surface area contributed by atoms with E-state index in [4.69, 9.17) is 9.47 Å². The number of hydrogen-bond donors (Lipinski definition) is 0. The van der Waals surface area contributed by atoms with Crippen LogP contribution in [-0.2, 0) is 19.1 Å². The number of ether oxygens (including phenoxy) is 2. The molecule has 1 aliphatic rings. The molecule has 1 heterocycles. The third-order valence-electron chi connectivity index (χ3n) is 3.18. The Bertz CT molecular complexity index is 301. The van der Waals surface area contributed by atoms with E-state index >= 15 is 0 Å². The van der Waals surface area contributed by atoms with Crippen LogP contribution in [0, 0.1) is 0 Å². The lowest BCUT2D eigenvalue weighted by atomic mass is 10.0. The molecule has 0 aliphatic carbocycles. The van der Waals surface area contributed by atoms with Gasteiger partial charge in [0.1, 0.15) is 6.04 Å². The lowest BCUT2D eigenvalue weighted by Gasteiger charge is -2.28. The van der Waals surface area contributed by atoms with Crippen LogP contribution in [0.2, 0.25) is 0 Å². The molecule has 0 aromatic heterocycles. The van der Waals surface area contributed by atoms with Crippen molar-refractivity contribution in [2.45, 2.75) is 44.8 Å². The van der Waals surface area contributed by atoms with Gasteiger partial charge in [0.15, 0.2) is 0 Å². The molecule has 0 bridgehead atoms. The van der Waals surface area contributed by atoms with E-state index < -0.39 is 11.6 Å². The SMILES string of the molecule is COC(=O)C1CCCN1C(=O)CC(C)(C)OC. The number of hydrogen-bond acceptors (Lipinski definition) is 4. The highest BCUT2D eigenvalue weighted by Gasteiger charge is 2.36. The van der Waals surface area contributed by atoms with E-state index in [1.165, 1.54) is 7.11 Å². The van der Waals surface area contributed by atoms with Gasteiger partial charge in [-0.05, 0) is 26.7 Å². The largest absolute Gasteiger partial charge is 0.467 e. The molecule has 1 unspecified atom stereocenters. The van der Waals surface area contributed by atoms with Crippen molar-refractivity contribution in [3.8, 4) is 0 Å². The highest BCUT2D eigenvalue weighted by Crippen LogP contribution is 2.22. The summed E-state index contributed by atoms with van der Waals surface area (Å²) in [7, 11) is 2.93. The van der Waals surface area contributed by atoms with Crippen molar-refractivity contribution in [1.29, 1.82) is 0 Å². The van der Waals surface area contributed by atoms with Gasteiger partial charge in [0.25, 0.3) is 0 Å². The van der Waals surface area contributed by atoms with Crippen molar-refractivity contribution < 1.29 is 19.1 Å². The molecule has 0 spiro atoms. The van der Waals surface area contributed by atoms with Gasteiger partial charge >= 0.3 is 5.97 Å². The Morgan fingerprint density at radius 3 is 2.53 bits per heavy atom. The zero-order valence-electron chi connectivity index (χ0n) is 11.0. The van der Waals surface area contributed by atoms with Gasteiger partial charge in [-0.2, -0.15) is 0 Å². The number of esters is 1. The van der Waals surface area contributed by atoms with Crippen LogP contribution in [0.1, 0.15) is 33.1 Å². The highest BCUT2D eigenvalue weighted by molar-refractivity contribution is 5.85. The van der Waals surface area contributed by atoms with Gasteiger partial charge in [-0.1, -0.05) is 0 Å². The predicted molar refractivity (Wildman–Crippen MR) is 62.5 cm³/mol. The summed E-state index contributed by atoms with van der Waals surface area (Å²) in [5.41, 5.74) is -0.500. The summed E-state index contributed by atoms with van der Waals surface area (Å²) in [4.78, 5) is 25.2. The van der Waals surface area contributed by atoms with Gasteiger partial charge in [0.2, 0.25) is 5.91 Å². The zero-order chi connectivity index (χ0) is 13.1. The maximum atomic E-state index is 12.1. The maximum Gasteiger partial charge on any atom is 0.328 e. The Morgan fingerprint density at radius 1 is 1.35 bits per heavy atom. The topological polar surface area (TPSA) is 55.8 Å². The molecular formula is C12H21NO4. The standard InChI is InChI=1S/C12H21NO4/c1-12(2,17-4)8-10(14)13-7-5-6-9(13)11(15)16-3/h9H,5-8H2,1-4H3. The molecule has 0 aromatic carbocycles. The number of amides is 1. The Labute approximate surface area is 102 Å². The van der Waals surface area contributed by atoms with E-state index in [0.29, 0.717) is 13.0 Å². The van der Waals surface area contributed by atoms with Crippen molar-refractivity contribution in [3.05, 3.63) is 0 Å². The number of carbonyl (C=O) groups excluding carboxylic acids is 2. The first-order valence-electron chi connectivity index (χ1n) is 5.84. The van der Waals surface area contributed by atoms with Crippen LogP contribution >= 0.6 is 0 Å². The van der Waals surface area contributed by atoms with Crippen molar-refractivity contribution in [3.63, 3.8) is 0 Å². The molecule has 0 aromatic rings. The zero-order valence-corrected chi connectivity index (χ0v) is 11.0. The summed E-state index contributed by atoms with van der Waals surface area (Å²) in [6.45, 7) is 4.33. The second kappa shape index (κ2) is 5.49.